The van der Waals surface area contributed by atoms with E-state index in [2.05, 4.69) is 0 Å². The minimum atomic E-state index is -4.46. The molecule has 0 radical (unpaired) electrons. The van der Waals surface area contributed by atoms with E-state index in [1.165, 1.54) is 29.2 Å². The van der Waals surface area contributed by atoms with Gasteiger partial charge in [0, 0.05) is 25.2 Å². The van der Waals surface area contributed by atoms with Gasteiger partial charge in [0.1, 0.15) is 12.4 Å². The fraction of sp³-hybridized carbons (Fsp3) is 0.556. The number of carbonyl (C=O) groups excluding carboxylic acids is 2. The van der Waals surface area contributed by atoms with Crippen molar-refractivity contribution in [2.24, 2.45) is 5.92 Å². The molecule has 144 valence electrons. The number of amides is 2. The molecule has 1 aromatic carbocycles. The normalized spacial score (nSPS) is 17.9. The van der Waals surface area contributed by atoms with E-state index in [0.29, 0.717) is 31.4 Å². The van der Waals surface area contributed by atoms with Gasteiger partial charge in [-0.1, -0.05) is 6.92 Å². The number of piperidine rings is 1. The van der Waals surface area contributed by atoms with E-state index in [4.69, 9.17) is 0 Å². The molecule has 0 saturated carbocycles. The van der Waals surface area contributed by atoms with Crippen LogP contribution in [0.5, 0.6) is 0 Å². The second-order valence-electron chi connectivity index (χ2n) is 6.47. The van der Waals surface area contributed by atoms with Crippen molar-refractivity contribution in [2.45, 2.75) is 32.4 Å². The Labute approximate surface area is 149 Å². The van der Waals surface area contributed by atoms with Gasteiger partial charge in [-0.3, -0.25) is 9.59 Å². The first kappa shape index (κ1) is 20.2. The average molecular weight is 374 g/mol. The highest BCUT2D eigenvalue weighted by Crippen LogP contribution is 2.24. The highest BCUT2D eigenvalue weighted by atomic mass is 19.4. The Kier molecular flexibility index (Phi) is 6.61. The largest absolute Gasteiger partial charge is 0.406 e. The van der Waals surface area contributed by atoms with Gasteiger partial charge >= 0.3 is 6.18 Å². The molecule has 2 amide bonds. The van der Waals surface area contributed by atoms with Crippen LogP contribution in [-0.4, -0.2) is 54.0 Å². The summed E-state index contributed by atoms with van der Waals surface area (Å²) in [6.45, 7) is 0.963. The Balaban J connectivity index is 2.06. The van der Waals surface area contributed by atoms with Crippen molar-refractivity contribution in [1.29, 1.82) is 0 Å². The maximum Gasteiger partial charge on any atom is 0.406 e. The standard InChI is InChI=1S/C18H22F4N2O2/c1-2-9-24(12-18(20,21)22)17(26)14-4-3-10-23(11-14)16(25)13-5-7-15(19)8-6-13/h5-8,14H,2-4,9-12H2,1H3. The van der Waals surface area contributed by atoms with Gasteiger partial charge in [0.05, 0.1) is 5.92 Å². The van der Waals surface area contributed by atoms with E-state index in [0.717, 1.165) is 4.90 Å². The molecule has 8 heteroatoms. The van der Waals surface area contributed by atoms with Crippen LogP contribution >= 0.6 is 0 Å². The summed E-state index contributed by atoms with van der Waals surface area (Å²) in [6.07, 6.45) is -3.05. The summed E-state index contributed by atoms with van der Waals surface area (Å²) in [5.74, 6) is -2.03. The van der Waals surface area contributed by atoms with Crippen LogP contribution < -0.4 is 0 Å². The number of carbonyl (C=O) groups is 2. The van der Waals surface area contributed by atoms with E-state index >= 15 is 0 Å². The van der Waals surface area contributed by atoms with Crippen LogP contribution in [0.15, 0.2) is 24.3 Å². The third-order valence-electron chi connectivity index (χ3n) is 4.32. The lowest BCUT2D eigenvalue weighted by atomic mass is 9.95. The van der Waals surface area contributed by atoms with Crippen LogP contribution in [0.3, 0.4) is 0 Å². The van der Waals surface area contributed by atoms with E-state index in [1.54, 1.807) is 6.92 Å². The van der Waals surface area contributed by atoms with Crippen molar-refractivity contribution in [2.75, 3.05) is 26.2 Å². The molecule has 0 spiro atoms. The zero-order valence-electron chi connectivity index (χ0n) is 14.6. The SMILES string of the molecule is CCCN(CC(F)(F)F)C(=O)C1CCCN(C(=O)c2ccc(F)cc2)C1. The molecule has 1 unspecified atom stereocenters. The lowest BCUT2D eigenvalue weighted by Gasteiger charge is -2.35. The van der Waals surface area contributed by atoms with Crippen molar-refractivity contribution >= 4 is 11.8 Å². The van der Waals surface area contributed by atoms with Gasteiger partial charge in [-0.25, -0.2) is 4.39 Å². The van der Waals surface area contributed by atoms with Crippen molar-refractivity contribution in [3.05, 3.63) is 35.6 Å². The second-order valence-corrected chi connectivity index (χ2v) is 6.47. The Bertz CT molecular complexity index is 631. The van der Waals surface area contributed by atoms with Gasteiger partial charge in [-0.05, 0) is 43.5 Å². The summed E-state index contributed by atoms with van der Waals surface area (Å²) in [5.41, 5.74) is 0.292. The van der Waals surface area contributed by atoms with Crippen molar-refractivity contribution < 1.29 is 27.2 Å². The third kappa shape index (κ3) is 5.44. The number of alkyl halides is 3. The zero-order chi connectivity index (χ0) is 19.3. The minimum absolute atomic E-state index is 0.0285. The van der Waals surface area contributed by atoms with Crippen LogP contribution in [-0.2, 0) is 4.79 Å². The predicted molar refractivity (Wildman–Crippen MR) is 88.0 cm³/mol. The Morgan fingerprint density at radius 2 is 1.88 bits per heavy atom. The molecular weight excluding hydrogens is 352 g/mol. The van der Waals surface area contributed by atoms with Gasteiger partial charge in [0.25, 0.3) is 5.91 Å². The molecule has 1 saturated heterocycles. The zero-order valence-corrected chi connectivity index (χ0v) is 14.6. The molecule has 0 aliphatic carbocycles. The molecule has 0 bridgehead atoms. The maximum atomic E-state index is 13.0. The second kappa shape index (κ2) is 8.51. The molecule has 1 aliphatic heterocycles. The topological polar surface area (TPSA) is 40.6 Å². The van der Waals surface area contributed by atoms with Gasteiger partial charge in [0.15, 0.2) is 0 Å². The number of hydrogen-bond donors (Lipinski definition) is 0. The smallest absolute Gasteiger partial charge is 0.338 e. The molecule has 1 heterocycles. The molecule has 4 nitrogen and oxygen atoms in total. The summed E-state index contributed by atoms with van der Waals surface area (Å²) >= 11 is 0. The number of hydrogen-bond acceptors (Lipinski definition) is 2. The summed E-state index contributed by atoms with van der Waals surface area (Å²) in [7, 11) is 0. The van der Waals surface area contributed by atoms with Gasteiger partial charge < -0.3 is 9.80 Å². The van der Waals surface area contributed by atoms with Crippen LogP contribution in [0.1, 0.15) is 36.5 Å². The molecule has 2 rings (SSSR count). The summed E-state index contributed by atoms with van der Waals surface area (Å²) in [6, 6.07) is 5.06. The minimum Gasteiger partial charge on any atom is -0.338 e. The average Bonchev–Trinajstić information content (AvgIpc) is 2.60. The molecule has 1 aromatic rings. The molecule has 1 aliphatic rings. The lowest BCUT2D eigenvalue weighted by molar-refractivity contribution is -0.164. The van der Waals surface area contributed by atoms with E-state index < -0.39 is 30.4 Å². The van der Waals surface area contributed by atoms with Crippen LogP contribution in [0.2, 0.25) is 0 Å². The number of nitrogens with zero attached hydrogens (tertiary/aromatic N) is 2. The number of benzene rings is 1. The fourth-order valence-corrected chi connectivity index (χ4v) is 3.15. The molecule has 0 aromatic heterocycles. The molecular formula is C18H22F4N2O2. The van der Waals surface area contributed by atoms with E-state index in [1.807, 2.05) is 0 Å². The van der Waals surface area contributed by atoms with Crippen LogP contribution in [0.25, 0.3) is 0 Å². The number of rotatable bonds is 5. The summed E-state index contributed by atoms with van der Waals surface area (Å²) in [4.78, 5) is 27.3. The lowest BCUT2D eigenvalue weighted by Crippen LogP contribution is -2.49. The quantitative estimate of drug-likeness (QED) is 0.741. The first-order valence-electron chi connectivity index (χ1n) is 8.61. The molecule has 1 fully saturated rings. The molecule has 0 N–H and O–H groups in total. The third-order valence-corrected chi connectivity index (χ3v) is 4.32. The Morgan fingerprint density at radius 3 is 2.46 bits per heavy atom. The Hall–Kier alpha value is -2.12. The molecule has 26 heavy (non-hydrogen) atoms. The summed E-state index contributed by atoms with van der Waals surface area (Å²) in [5, 5.41) is 0. The first-order chi connectivity index (χ1) is 12.2. The van der Waals surface area contributed by atoms with Gasteiger partial charge in [0.2, 0.25) is 5.91 Å². The van der Waals surface area contributed by atoms with Crippen molar-refractivity contribution in [3.8, 4) is 0 Å². The Morgan fingerprint density at radius 1 is 1.23 bits per heavy atom. The fourth-order valence-electron chi connectivity index (χ4n) is 3.15. The van der Waals surface area contributed by atoms with Crippen LogP contribution in [0.4, 0.5) is 17.6 Å². The van der Waals surface area contributed by atoms with Crippen LogP contribution in [0, 0.1) is 11.7 Å². The van der Waals surface area contributed by atoms with Crippen molar-refractivity contribution in [1.82, 2.24) is 9.80 Å². The highest BCUT2D eigenvalue weighted by molar-refractivity contribution is 5.94. The van der Waals surface area contributed by atoms with Gasteiger partial charge in [-0.2, -0.15) is 13.2 Å². The van der Waals surface area contributed by atoms with E-state index in [9.17, 15) is 27.2 Å². The number of halogens is 4. The predicted octanol–water partition coefficient (Wildman–Crippen LogP) is 3.48. The van der Waals surface area contributed by atoms with Crippen molar-refractivity contribution in [3.63, 3.8) is 0 Å². The summed E-state index contributed by atoms with van der Waals surface area (Å²) < 4.78 is 51.2. The first-order valence-corrected chi connectivity index (χ1v) is 8.61. The molecule has 1 atom stereocenters. The monoisotopic (exact) mass is 374 g/mol. The van der Waals surface area contributed by atoms with E-state index in [-0.39, 0.29) is 19.0 Å². The maximum absolute atomic E-state index is 13.0. The van der Waals surface area contributed by atoms with Gasteiger partial charge in [-0.15, -0.1) is 0 Å². The number of likely N-dealkylation sites (tertiary alicyclic amines) is 1. The highest BCUT2D eigenvalue weighted by Gasteiger charge is 2.37.